The van der Waals surface area contributed by atoms with E-state index in [1.807, 2.05) is 0 Å². The molecule has 0 bridgehead atoms. The van der Waals surface area contributed by atoms with Gasteiger partial charge in [-0.05, 0) is 26.8 Å². The average Bonchev–Trinajstić information content (AvgIpc) is 2.34. The highest BCUT2D eigenvalue weighted by atomic mass is 32.2. The third kappa shape index (κ3) is 4.19. The highest BCUT2D eigenvalue weighted by Crippen LogP contribution is 2.23. The number of hydrogen-bond acceptors (Lipinski definition) is 5. The van der Waals surface area contributed by atoms with Crippen LogP contribution in [0.25, 0.3) is 0 Å². The number of ketones is 1. The molecular formula is C12H14F2N2O4S. The second-order valence-corrected chi connectivity index (χ2v) is 7.19. The van der Waals surface area contributed by atoms with Gasteiger partial charge in [0.2, 0.25) is 5.82 Å². The van der Waals surface area contributed by atoms with E-state index in [9.17, 15) is 28.2 Å². The molecule has 0 aliphatic heterocycles. The van der Waals surface area contributed by atoms with Gasteiger partial charge in [0.1, 0.15) is 17.1 Å². The van der Waals surface area contributed by atoms with Crippen LogP contribution in [-0.4, -0.2) is 26.6 Å². The van der Waals surface area contributed by atoms with Gasteiger partial charge in [-0.15, -0.1) is 4.72 Å². The van der Waals surface area contributed by atoms with Crippen LogP contribution in [0.4, 0.5) is 14.5 Å². The molecule has 1 atom stereocenters. The summed E-state index contributed by atoms with van der Waals surface area (Å²) in [4.78, 5) is 21.3. The van der Waals surface area contributed by atoms with Gasteiger partial charge in [-0.3, -0.25) is 14.9 Å². The monoisotopic (exact) mass is 320 g/mol. The van der Waals surface area contributed by atoms with Crippen molar-refractivity contribution in [1.29, 1.82) is 0 Å². The van der Waals surface area contributed by atoms with Crippen LogP contribution in [0.5, 0.6) is 0 Å². The lowest BCUT2D eigenvalue weighted by Gasteiger charge is -2.23. The Labute approximate surface area is 123 Å². The van der Waals surface area contributed by atoms with E-state index < -0.39 is 56.2 Å². The summed E-state index contributed by atoms with van der Waals surface area (Å²) < 4.78 is 40.7. The highest BCUT2D eigenvalue weighted by Gasteiger charge is 2.30. The van der Waals surface area contributed by atoms with Crippen LogP contribution >= 0.6 is 0 Å². The quantitative estimate of drug-likeness (QED) is 0.388. The zero-order chi connectivity index (χ0) is 16.4. The fourth-order valence-electron chi connectivity index (χ4n) is 1.37. The van der Waals surface area contributed by atoms with E-state index in [1.165, 1.54) is 0 Å². The summed E-state index contributed by atoms with van der Waals surface area (Å²) in [5.74, 6) is -3.79. The molecule has 0 aromatic heterocycles. The molecule has 1 aromatic rings. The van der Waals surface area contributed by atoms with Gasteiger partial charge in [-0.1, -0.05) is 0 Å². The van der Waals surface area contributed by atoms with Crippen molar-refractivity contribution in [3.8, 4) is 0 Å². The normalized spacial score (nSPS) is 13.0. The number of hydrogen-bond donors (Lipinski definition) is 1. The molecule has 0 saturated heterocycles. The number of halogens is 2. The van der Waals surface area contributed by atoms with Gasteiger partial charge in [0.15, 0.2) is 5.78 Å². The molecule has 0 radical (unpaired) electrons. The van der Waals surface area contributed by atoms with Crippen molar-refractivity contribution in [3.05, 3.63) is 39.4 Å². The van der Waals surface area contributed by atoms with Crippen LogP contribution in [0.1, 0.15) is 31.1 Å². The molecule has 21 heavy (non-hydrogen) atoms. The number of carbonyl (C=O) groups is 1. The van der Waals surface area contributed by atoms with Crippen molar-refractivity contribution in [1.82, 2.24) is 4.72 Å². The van der Waals surface area contributed by atoms with Gasteiger partial charge in [0.25, 0.3) is 0 Å². The summed E-state index contributed by atoms with van der Waals surface area (Å²) in [5, 5.41) is 10.6. The van der Waals surface area contributed by atoms with E-state index in [0.717, 1.165) is 0 Å². The maximum absolute atomic E-state index is 13.8. The Morgan fingerprint density at radius 2 is 1.95 bits per heavy atom. The SMILES string of the molecule is CC(C)(C)[S+]([O-])NCC(=O)c1c(F)ccc([N+](=O)[O-])c1F. The van der Waals surface area contributed by atoms with E-state index in [0.29, 0.717) is 12.1 Å². The molecule has 0 spiro atoms. The fourth-order valence-corrected chi connectivity index (χ4v) is 2.07. The minimum absolute atomic E-state index is 0.598. The second kappa shape index (κ2) is 6.46. The molecular weight excluding hydrogens is 306 g/mol. The Hall–Kier alpha value is -1.58. The molecule has 1 N–H and O–H groups in total. The maximum atomic E-state index is 13.8. The van der Waals surface area contributed by atoms with Gasteiger partial charge in [-0.25, -0.2) is 4.39 Å². The molecule has 0 aliphatic carbocycles. The van der Waals surface area contributed by atoms with Crippen LogP contribution in [0.3, 0.4) is 0 Å². The summed E-state index contributed by atoms with van der Waals surface area (Å²) in [7, 11) is 0. The number of carbonyl (C=O) groups excluding carboxylic acids is 1. The van der Waals surface area contributed by atoms with Gasteiger partial charge >= 0.3 is 5.69 Å². The van der Waals surface area contributed by atoms with Gasteiger partial charge in [0, 0.05) is 17.4 Å². The number of rotatable bonds is 5. The average molecular weight is 320 g/mol. The minimum Gasteiger partial charge on any atom is -0.598 e. The molecule has 1 unspecified atom stereocenters. The number of nitro groups is 1. The first-order chi connectivity index (χ1) is 9.55. The Balaban J connectivity index is 2.98. The Morgan fingerprint density at radius 3 is 2.43 bits per heavy atom. The summed E-state index contributed by atoms with van der Waals surface area (Å²) in [6, 6.07) is 1.29. The van der Waals surface area contributed by atoms with Crippen molar-refractivity contribution in [3.63, 3.8) is 0 Å². The van der Waals surface area contributed by atoms with Crippen LogP contribution < -0.4 is 4.72 Å². The van der Waals surface area contributed by atoms with E-state index in [2.05, 4.69) is 4.72 Å². The van der Waals surface area contributed by atoms with E-state index in [4.69, 9.17) is 0 Å². The number of Topliss-reactive ketones (excluding diaryl/α,β-unsaturated/α-hetero) is 1. The largest absolute Gasteiger partial charge is 0.598 e. The predicted octanol–water partition coefficient (Wildman–Crippen LogP) is 2.11. The predicted molar refractivity (Wildman–Crippen MR) is 73.2 cm³/mol. The highest BCUT2D eigenvalue weighted by molar-refractivity contribution is 7.90. The standard InChI is InChI=1S/C12H14F2N2O4S/c1-12(2,3)21(20)15-6-9(17)10-7(13)4-5-8(11(10)14)16(18)19/h4-5,15H,6H2,1-3H3. The fraction of sp³-hybridized carbons (Fsp3) is 0.417. The molecule has 0 amide bonds. The molecule has 116 valence electrons. The topological polar surface area (TPSA) is 95.3 Å². The number of nitro benzene ring substituents is 1. The summed E-state index contributed by atoms with van der Waals surface area (Å²) in [6.07, 6.45) is 0. The third-order valence-corrected chi connectivity index (χ3v) is 3.99. The summed E-state index contributed by atoms with van der Waals surface area (Å²) in [6.45, 7) is 4.35. The van der Waals surface area contributed by atoms with Crippen molar-refractivity contribution < 1.29 is 23.1 Å². The molecule has 9 heteroatoms. The number of nitrogens with zero attached hydrogens (tertiary/aromatic N) is 1. The Kier molecular flexibility index (Phi) is 5.37. The molecule has 0 aliphatic rings. The third-order valence-electron chi connectivity index (χ3n) is 2.47. The van der Waals surface area contributed by atoms with E-state index in [1.54, 1.807) is 20.8 Å². The van der Waals surface area contributed by atoms with E-state index >= 15 is 0 Å². The van der Waals surface area contributed by atoms with Gasteiger partial charge < -0.3 is 4.55 Å². The summed E-state index contributed by atoms with van der Waals surface area (Å²) >= 11 is -1.61. The van der Waals surface area contributed by atoms with Crippen molar-refractivity contribution in [2.24, 2.45) is 0 Å². The first-order valence-electron chi connectivity index (χ1n) is 5.86. The lowest BCUT2D eigenvalue weighted by Crippen LogP contribution is -2.41. The lowest BCUT2D eigenvalue weighted by molar-refractivity contribution is -0.387. The van der Waals surface area contributed by atoms with Gasteiger partial charge in [0.05, 0.1) is 10.5 Å². The van der Waals surface area contributed by atoms with Gasteiger partial charge in [-0.2, -0.15) is 4.39 Å². The number of nitrogens with one attached hydrogen (secondary N) is 1. The zero-order valence-electron chi connectivity index (χ0n) is 11.6. The molecule has 0 saturated carbocycles. The van der Waals surface area contributed by atoms with Crippen molar-refractivity contribution in [2.45, 2.75) is 25.5 Å². The molecule has 1 rings (SSSR count). The first kappa shape index (κ1) is 17.5. The molecule has 1 aromatic carbocycles. The maximum Gasteiger partial charge on any atom is 0.305 e. The van der Waals surface area contributed by atoms with Crippen LogP contribution in [0.2, 0.25) is 0 Å². The Bertz CT molecular complexity index is 575. The van der Waals surface area contributed by atoms with Crippen LogP contribution in [0.15, 0.2) is 12.1 Å². The Morgan fingerprint density at radius 1 is 1.38 bits per heavy atom. The first-order valence-corrected chi connectivity index (χ1v) is 7.01. The molecule has 0 fully saturated rings. The van der Waals surface area contributed by atoms with Crippen LogP contribution in [0, 0.1) is 21.7 Å². The molecule has 6 nitrogen and oxygen atoms in total. The smallest absolute Gasteiger partial charge is 0.305 e. The lowest BCUT2D eigenvalue weighted by atomic mass is 10.1. The number of benzene rings is 1. The second-order valence-electron chi connectivity index (χ2n) is 5.14. The van der Waals surface area contributed by atoms with Crippen molar-refractivity contribution in [2.75, 3.05) is 6.54 Å². The van der Waals surface area contributed by atoms with Crippen LogP contribution in [-0.2, 0) is 11.4 Å². The molecule has 0 heterocycles. The summed E-state index contributed by atoms with van der Waals surface area (Å²) in [5.41, 5.74) is -2.00. The van der Waals surface area contributed by atoms with Crippen molar-refractivity contribution >= 4 is 22.8 Å². The minimum atomic E-state index is -1.61. The van der Waals surface area contributed by atoms with E-state index in [-0.39, 0.29) is 0 Å². The zero-order valence-corrected chi connectivity index (χ0v) is 12.4.